The Morgan fingerprint density at radius 1 is 1.11 bits per heavy atom. The Balaban J connectivity index is -0.0000000417. The zero-order chi connectivity index (χ0) is 4.83. The van der Waals surface area contributed by atoms with E-state index in [-0.39, 0.29) is 41.8 Å². The molecule has 0 rings (SSSR count). The maximum atomic E-state index is 3.36. The second-order valence-electron chi connectivity index (χ2n) is 1.13. The lowest BCUT2D eigenvalue weighted by Crippen LogP contribution is -2.31. The van der Waals surface area contributed by atoms with Crippen molar-refractivity contribution < 1.29 is 0 Å². The van der Waals surface area contributed by atoms with Crippen LogP contribution in [0.3, 0.4) is 0 Å². The zero-order valence-electron chi connectivity index (χ0n) is 4.41. The summed E-state index contributed by atoms with van der Waals surface area (Å²) in [5, 5.41) is 0. The van der Waals surface area contributed by atoms with Crippen molar-refractivity contribution in [3.05, 3.63) is 0 Å². The molecule has 2 N–H and O–H groups in total. The van der Waals surface area contributed by atoms with Crippen LogP contribution in [0.5, 0.6) is 0 Å². The second kappa shape index (κ2) is 23.8. The van der Waals surface area contributed by atoms with Gasteiger partial charge >= 0.3 is 0 Å². The highest BCUT2D eigenvalue weighted by Gasteiger charge is 1.72. The summed E-state index contributed by atoms with van der Waals surface area (Å²) in [5.74, 6) is 0. The predicted molar refractivity (Wildman–Crippen MR) is 55.3 cm³/mol. The van der Waals surface area contributed by atoms with Crippen LogP contribution >= 0.6 is 0 Å². The molecule has 0 bridgehead atoms. The topological polar surface area (TPSA) is 24.1 Å². The minimum absolute atomic E-state index is 0. The molecule has 0 fully saturated rings. The van der Waals surface area contributed by atoms with Crippen molar-refractivity contribution in [3.63, 3.8) is 0 Å². The van der Waals surface area contributed by atoms with Gasteiger partial charge in [0, 0.05) is 0 Å². The molecule has 4 heteroatoms. The normalized spacial score (nSPS) is 8.67. The average Bonchev–Trinajstić information content (AvgIpc) is 1.61. The summed E-state index contributed by atoms with van der Waals surface area (Å²) in [6.45, 7) is 2.25. The van der Waals surface area contributed by atoms with Crippen LogP contribution in [0.2, 0.25) is 6.55 Å². The summed E-state index contributed by atoms with van der Waals surface area (Å²) < 4.78 is 3.36. The Bertz CT molecular complexity index is 24.9. The van der Waals surface area contributed by atoms with E-state index in [4.69, 9.17) is 0 Å². The van der Waals surface area contributed by atoms with Gasteiger partial charge in [-0.05, 0) is 7.05 Å². The van der Waals surface area contributed by atoms with Gasteiger partial charge < -0.3 is 9.63 Å². The summed E-state index contributed by atoms with van der Waals surface area (Å²) in [6.07, 6.45) is 0. The Labute approximate surface area is 65.7 Å². The van der Waals surface area contributed by atoms with E-state index in [2.05, 4.69) is 16.2 Å². The van der Waals surface area contributed by atoms with Gasteiger partial charge in [0.25, 0.3) is 0 Å². The standard InChI is InChI=1S/C2H12N2Si2.3CH4/c1-3-6-4-5-2;;;/h3-4H,5-6H2,1-2H3;3*1H4. The molecule has 0 radical (unpaired) electrons. The van der Waals surface area contributed by atoms with Crippen molar-refractivity contribution >= 4 is 19.5 Å². The smallest absolute Gasteiger partial charge is 0.160 e. The molecule has 0 spiro atoms. The molecule has 0 aromatic rings. The minimum Gasteiger partial charge on any atom is -0.357 e. The molecular weight excluding hydrogens is 144 g/mol. The first-order valence-corrected chi connectivity index (χ1v) is 5.80. The maximum Gasteiger partial charge on any atom is 0.160 e. The lowest BCUT2D eigenvalue weighted by Gasteiger charge is -1.92. The Kier molecular flexibility index (Phi) is 60.3. The number of hydrogen-bond donors (Lipinski definition) is 2. The van der Waals surface area contributed by atoms with E-state index in [0.29, 0.717) is 0 Å². The summed E-state index contributed by atoms with van der Waals surface area (Å²) in [5.41, 5.74) is 0. The van der Waals surface area contributed by atoms with Gasteiger partial charge in [0.2, 0.25) is 0 Å². The largest absolute Gasteiger partial charge is 0.357 e. The summed E-state index contributed by atoms with van der Waals surface area (Å²) >= 11 is 0. The van der Waals surface area contributed by atoms with Crippen molar-refractivity contribution in [3.8, 4) is 0 Å². The average molecular weight is 168 g/mol. The van der Waals surface area contributed by atoms with Crippen LogP contribution in [0.1, 0.15) is 22.3 Å². The van der Waals surface area contributed by atoms with E-state index >= 15 is 0 Å². The van der Waals surface area contributed by atoms with Crippen LogP contribution in [-0.4, -0.2) is 26.6 Å². The molecule has 0 saturated heterocycles. The predicted octanol–water partition coefficient (Wildman–Crippen LogP) is -0.166. The van der Waals surface area contributed by atoms with Gasteiger partial charge in [-0.15, -0.1) is 0 Å². The number of rotatable bonds is 3. The van der Waals surface area contributed by atoms with E-state index in [1.165, 1.54) is 0 Å². The summed E-state index contributed by atoms with van der Waals surface area (Å²) in [4.78, 5) is 3.13. The van der Waals surface area contributed by atoms with Crippen LogP contribution in [0.25, 0.3) is 0 Å². The summed E-state index contributed by atoms with van der Waals surface area (Å²) in [7, 11) is 2.14. The van der Waals surface area contributed by atoms with Gasteiger partial charge in [0.15, 0.2) is 9.84 Å². The zero-order valence-corrected chi connectivity index (χ0v) is 7.24. The fourth-order valence-corrected chi connectivity index (χ4v) is 2.25. The molecule has 0 aliphatic rings. The van der Waals surface area contributed by atoms with Gasteiger partial charge in [-0.3, -0.25) is 0 Å². The molecule has 0 heterocycles. The SMILES string of the molecule is C.C.C.CN[SiH2]N[SiH2]C. The molecular formula is C5H24N2Si2. The summed E-state index contributed by atoms with van der Waals surface area (Å²) in [6, 6.07) is 0. The van der Waals surface area contributed by atoms with E-state index in [0.717, 1.165) is 0 Å². The first kappa shape index (κ1) is 22.8. The molecule has 0 aromatic heterocycles. The van der Waals surface area contributed by atoms with E-state index in [9.17, 15) is 0 Å². The fraction of sp³-hybridized carbons (Fsp3) is 1.00. The molecule has 0 saturated carbocycles. The van der Waals surface area contributed by atoms with E-state index in [1.807, 2.05) is 7.05 Å². The third-order valence-corrected chi connectivity index (χ3v) is 3.91. The lowest BCUT2D eigenvalue weighted by molar-refractivity contribution is 1.21. The van der Waals surface area contributed by atoms with Crippen molar-refractivity contribution in [2.24, 2.45) is 0 Å². The van der Waals surface area contributed by atoms with E-state index in [1.54, 1.807) is 0 Å². The van der Waals surface area contributed by atoms with Crippen molar-refractivity contribution in [2.75, 3.05) is 7.05 Å². The third kappa shape index (κ3) is 30.0. The molecule has 0 aliphatic carbocycles. The Morgan fingerprint density at radius 3 is 1.67 bits per heavy atom. The van der Waals surface area contributed by atoms with Gasteiger partial charge in [-0.1, -0.05) is 28.8 Å². The van der Waals surface area contributed by atoms with Crippen LogP contribution in [0.4, 0.5) is 0 Å². The maximum absolute atomic E-state index is 3.36. The van der Waals surface area contributed by atoms with Crippen molar-refractivity contribution in [2.45, 2.75) is 28.8 Å². The van der Waals surface area contributed by atoms with Crippen LogP contribution in [-0.2, 0) is 0 Å². The van der Waals surface area contributed by atoms with Gasteiger partial charge in [0.05, 0.1) is 9.68 Å². The van der Waals surface area contributed by atoms with Crippen molar-refractivity contribution in [1.82, 2.24) is 9.63 Å². The highest BCUT2D eigenvalue weighted by molar-refractivity contribution is 6.48. The first-order chi connectivity index (χ1) is 2.91. The minimum atomic E-state index is -0.0166. The molecule has 0 atom stereocenters. The fourth-order valence-electron chi connectivity index (χ4n) is 0.250. The molecule has 2 nitrogen and oxygen atoms in total. The van der Waals surface area contributed by atoms with Gasteiger partial charge in [-0.2, -0.15) is 0 Å². The number of hydrogen-bond acceptors (Lipinski definition) is 2. The Hall–Kier alpha value is 0.354. The number of nitrogens with one attached hydrogen (secondary N) is 2. The molecule has 0 unspecified atom stereocenters. The van der Waals surface area contributed by atoms with E-state index < -0.39 is 0 Å². The van der Waals surface area contributed by atoms with Gasteiger partial charge in [0.1, 0.15) is 0 Å². The molecule has 9 heavy (non-hydrogen) atoms. The van der Waals surface area contributed by atoms with Crippen LogP contribution < -0.4 is 9.63 Å². The quantitative estimate of drug-likeness (QED) is 0.452. The highest BCUT2D eigenvalue weighted by atomic mass is 28.3. The molecule has 0 aromatic carbocycles. The van der Waals surface area contributed by atoms with Crippen LogP contribution in [0, 0.1) is 0 Å². The van der Waals surface area contributed by atoms with Gasteiger partial charge in [-0.25, -0.2) is 0 Å². The highest BCUT2D eigenvalue weighted by Crippen LogP contribution is 1.37. The van der Waals surface area contributed by atoms with Crippen LogP contribution in [0.15, 0.2) is 0 Å². The molecule has 0 aliphatic heterocycles. The third-order valence-electron chi connectivity index (χ3n) is 0.552. The molecule has 62 valence electrons. The monoisotopic (exact) mass is 168 g/mol. The molecule has 0 amide bonds. The Morgan fingerprint density at radius 2 is 1.56 bits per heavy atom. The van der Waals surface area contributed by atoms with Crippen molar-refractivity contribution in [1.29, 1.82) is 0 Å². The lowest BCUT2D eigenvalue weighted by atomic mass is 11.6. The first-order valence-electron chi connectivity index (χ1n) is 2.27. The second-order valence-corrected chi connectivity index (χ2v) is 4.90.